The summed E-state index contributed by atoms with van der Waals surface area (Å²) < 4.78 is 26.1. The highest BCUT2D eigenvalue weighted by Gasteiger charge is 2.30. The molecule has 0 unspecified atom stereocenters. The summed E-state index contributed by atoms with van der Waals surface area (Å²) in [6.45, 7) is 2.28. The SMILES string of the molecule is O=C(CCc1ccc(F)c(F)c1)N1CCN(C(=O)C2CCCC2)CC1. The molecule has 1 saturated heterocycles. The zero-order valence-corrected chi connectivity index (χ0v) is 14.3. The fourth-order valence-electron chi connectivity index (χ4n) is 3.71. The lowest BCUT2D eigenvalue weighted by Gasteiger charge is -2.36. The number of halogens is 2. The van der Waals surface area contributed by atoms with Crippen molar-refractivity contribution in [2.75, 3.05) is 26.2 Å². The molecule has 2 aliphatic rings. The van der Waals surface area contributed by atoms with Gasteiger partial charge in [-0.1, -0.05) is 18.9 Å². The van der Waals surface area contributed by atoms with Crippen LogP contribution in [0.1, 0.15) is 37.7 Å². The molecule has 136 valence electrons. The van der Waals surface area contributed by atoms with Gasteiger partial charge in [0.05, 0.1) is 0 Å². The number of hydrogen-bond donors (Lipinski definition) is 0. The van der Waals surface area contributed by atoms with Gasteiger partial charge in [-0.25, -0.2) is 8.78 Å². The predicted molar refractivity (Wildman–Crippen MR) is 89.8 cm³/mol. The van der Waals surface area contributed by atoms with E-state index >= 15 is 0 Å². The quantitative estimate of drug-likeness (QED) is 0.838. The lowest BCUT2D eigenvalue weighted by Crippen LogP contribution is -2.51. The topological polar surface area (TPSA) is 40.6 Å². The number of benzene rings is 1. The Kier molecular flexibility index (Phi) is 5.66. The van der Waals surface area contributed by atoms with Gasteiger partial charge >= 0.3 is 0 Å². The normalized spacial score (nSPS) is 18.6. The lowest BCUT2D eigenvalue weighted by molar-refractivity contribution is -0.142. The number of nitrogens with zero attached hydrogens (tertiary/aromatic N) is 2. The van der Waals surface area contributed by atoms with Crippen LogP contribution in [0, 0.1) is 17.6 Å². The molecule has 0 atom stereocenters. The van der Waals surface area contributed by atoms with Gasteiger partial charge in [0, 0.05) is 38.5 Å². The summed E-state index contributed by atoms with van der Waals surface area (Å²) in [6.07, 6.45) is 4.91. The van der Waals surface area contributed by atoms with Crippen molar-refractivity contribution in [1.29, 1.82) is 0 Å². The molecule has 0 bridgehead atoms. The van der Waals surface area contributed by atoms with E-state index in [-0.39, 0.29) is 24.2 Å². The fraction of sp³-hybridized carbons (Fsp3) is 0.579. The van der Waals surface area contributed by atoms with Crippen molar-refractivity contribution in [3.8, 4) is 0 Å². The number of hydrogen-bond acceptors (Lipinski definition) is 2. The van der Waals surface area contributed by atoms with Crippen LogP contribution in [0.25, 0.3) is 0 Å². The Bertz CT molecular complexity index is 636. The summed E-state index contributed by atoms with van der Waals surface area (Å²) in [5.74, 6) is -1.35. The van der Waals surface area contributed by atoms with E-state index in [0.29, 0.717) is 38.2 Å². The van der Waals surface area contributed by atoms with E-state index in [4.69, 9.17) is 0 Å². The van der Waals surface area contributed by atoms with Crippen molar-refractivity contribution in [2.45, 2.75) is 38.5 Å². The highest BCUT2D eigenvalue weighted by atomic mass is 19.2. The minimum Gasteiger partial charge on any atom is -0.339 e. The maximum Gasteiger partial charge on any atom is 0.225 e. The highest BCUT2D eigenvalue weighted by Crippen LogP contribution is 2.27. The summed E-state index contributed by atoms with van der Waals surface area (Å²) in [7, 11) is 0. The maximum absolute atomic E-state index is 13.2. The van der Waals surface area contributed by atoms with Gasteiger partial charge in [-0.15, -0.1) is 0 Å². The molecule has 2 amide bonds. The first-order valence-corrected chi connectivity index (χ1v) is 9.05. The molecule has 0 spiro atoms. The summed E-state index contributed by atoms with van der Waals surface area (Å²) in [5, 5.41) is 0. The standard InChI is InChI=1S/C19H24F2N2O2/c20-16-7-5-14(13-17(16)21)6-8-18(24)22-9-11-23(12-10-22)19(25)15-3-1-2-4-15/h5,7,13,15H,1-4,6,8-12H2. The summed E-state index contributed by atoms with van der Waals surface area (Å²) in [4.78, 5) is 28.4. The van der Waals surface area contributed by atoms with E-state index in [1.165, 1.54) is 6.07 Å². The van der Waals surface area contributed by atoms with E-state index in [9.17, 15) is 18.4 Å². The Hall–Kier alpha value is -1.98. The van der Waals surface area contributed by atoms with Crippen LogP contribution in [0.3, 0.4) is 0 Å². The second-order valence-electron chi connectivity index (χ2n) is 6.94. The smallest absolute Gasteiger partial charge is 0.225 e. The monoisotopic (exact) mass is 350 g/mol. The lowest BCUT2D eigenvalue weighted by atomic mass is 10.1. The molecule has 1 aromatic rings. The van der Waals surface area contributed by atoms with Gasteiger partial charge in [0.15, 0.2) is 11.6 Å². The summed E-state index contributed by atoms with van der Waals surface area (Å²) in [6, 6.07) is 3.73. The van der Waals surface area contributed by atoms with Crippen LogP contribution >= 0.6 is 0 Å². The third kappa shape index (κ3) is 4.35. The average molecular weight is 350 g/mol. The van der Waals surface area contributed by atoms with Crippen molar-refractivity contribution in [3.05, 3.63) is 35.4 Å². The first-order valence-electron chi connectivity index (χ1n) is 9.05. The Morgan fingerprint density at radius 1 is 0.960 bits per heavy atom. The van der Waals surface area contributed by atoms with Gasteiger partial charge in [0.2, 0.25) is 11.8 Å². The molecule has 1 saturated carbocycles. The van der Waals surface area contributed by atoms with E-state index in [1.807, 2.05) is 4.90 Å². The Balaban J connectivity index is 1.44. The zero-order valence-electron chi connectivity index (χ0n) is 14.3. The van der Waals surface area contributed by atoms with Gasteiger partial charge < -0.3 is 9.80 Å². The largest absolute Gasteiger partial charge is 0.339 e. The van der Waals surface area contributed by atoms with Crippen LogP contribution in [0.15, 0.2) is 18.2 Å². The van der Waals surface area contributed by atoms with Crippen LogP contribution < -0.4 is 0 Å². The molecule has 0 N–H and O–H groups in total. The van der Waals surface area contributed by atoms with Crippen molar-refractivity contribution in [2.24, 2.45) is 5.92 Å². The highest BCUT2D eigenvalue weighted by molar-refractivity contribution is 5.80. The van der Waals surface area contributed by atoms with Crippen LogP contribution in [-0.4, -0.2) is 47.8 Å². The predicted octanol–water partition coefficient (Wildman–Crippen LogP) is 2.76. The van der Waals surface area contributed by atoms with Crippen LogP contribution in [-0.2, 0) is 16.0 Å². The zero-order chi connectivity index (χ0) is 17.8. The molecule has 1 aliphatic heterocycles. The van der Waals surface area contributed by atoms with E-state index in [2.05, 4.69) is 0 Å². The molecule has 1 heterocycles. The number of piperazine rings is 1. The van der Waals surface area contributed by atoms with Crippen molar-refractivity contribution in [3.63, 3.8) is 0 Å². The number of amides is 2. The Labute approximate surface area is 146 Å². The van der Waals surface area contributed by atoms with Gasteiger partial charge in [-0.05, 0) is 37.0 Å². The molecule has 0 radical (unpaired) electrons. The van der Waals surface area contributed by atoms with Gasteiger partial charge in [-0.3, -0.25) is 9.59 Å². The summed E-state index contributed by atoms with van der Waals surface area (Å²) >= 11 is 0. The van der Waals surface area contributed by atoms with E-state index in [1.54, 1.807) is 4.90 Å². The molecule has 2 fully saturated rings. The first-order chi connectivity index (χ1) is 12.0. The van der Waals surface area contributed by atoms with E-state index < -0.39 is 11.6 Å². The molecular formula is C19H24F2N2O2. The number of carbonyl (C=O) groups is 2. The molecule has 25 heavy (non-hydrogen) atoms. The van der Waals surface area contributed by atoms with Crippen molar-refractivity contribution >= 4 is 11.8 Å². The van der Waals surface area contributed by atoms with Gasteiger partial charge in [0.25, 0.3) is 0 Å². The first kappa shape index (κ1) is 17.8. The fourth-order valence-corrected chi connectivity index (χ4v) is 3.71. The maximum atomic E-state index is 13.2. The summed E-state index contributed by atoms with van der Waals surface area (Å²) in [5.41, 5.74) is 0.613. The van der Waals surface area contributed by atoms with Gasteiger partial charge in [0.1, 0.15) is 0 Å². The number of rotatable bonds is 4. The molecule has 1 aromatic carbocycles. The molecule has 1 aliphatic carbocycles. The van der Waals surface area contributed by atoms with Crippen LogP contribution in [0.2, 0.25) is 0 Å². The van der Waals surface area contributed by atoms with Crippen LogP contribution in [0.5, 0.6) is 0 Å². The minimum atomic E-state index is -0.885. The third-order valence-corrected chi connectivity index (χ3v) is 5.26. The molecule has 3 rings (SSSR count). The van der Waals surface area contributed by atoms with Crippen molar-refractivity contribution < 1.29 is 18.4 Å². The van der Waals surface area contributed by atoms with Gasteiger partial charge in [-0.2, -0.15) is 0 Å². The van der Waals surface area contributed by atoms with Crippen molar-refractivity contribution in [1.82, 2.24) is 9.80 Å². The second kappa shape index (κ2) is 7.93. The van der Waals surface area contributed by atoms with E-state index in [0.717, 1.165) is 37.8 Å². The molecular weight excluding hydrogens is 326 g/mol. The molecule has 0 aromatic heterocycles. The number of carbonyl (C=O) groups excluding carboxylic acids is 2. The Morgan fingerprint density at radius 2 is 1.60 bits per heavy atom. The number of aryl methyl sites for hydroxylation is 1. The molecule has 6 heteroatoms. The average Bonchev–Trinajstić information content (AvgIpc) is 3.16. The van der Waals surface area contributed by atoms with Crippen LogP contribution in [0.4, 0.5) is 8.78 Å². The Morgan fingerprint density at radius 3 is 2.24 bits per heavy atom. The third-order valence-electron chi connectivity index (χ3n) is 5.26. The molecule has 4 nitrogen and oxygen atoms in total. The minimum absolute atomic E-state index is 0.00213. The second-order valence-corrected chi connectivity index (χ2v) is 6.94.